The fraction of sp³-hybridized carbons (Fsp3) is 0.188. The highest BCUT2D eigenvalue weighted by atomic mass is 16.5. The minimum atomic E-state index is -0.286. The number of hydrogen-bond donors (Lipinski definition) is 1. The molecule has 1 N–H and O–H groups in total. The molecule has 0 aliphatic heterocycles. The van der Waals surface area contributed by atoms with E-state index in [1.54, 1.807) is 49.8 Å². The van der Waals surface area contributed by atoms with Gasteiger partial charge < -0.3 is 14.8 Å². The van der Waals surface area contributed by atoms with Crippen molar-refractivity contribution in [3.8, 4) is 22.9 Å². The smallest absolute Gasteiger partial charge is 0.248 e. The third-order valence-electron chi connectivity index (χ3n) is 3.34. The standard InChI is InChI=1S/C16H16N6O3/c1-24-13-4-3-12(9-14(13)25-2)18-15(23)10-22-20-16(19-21-22)11-5-7-17-8-6-11/h3-9H,10H2,1-2H3,(H,18,23). The van der Waals surface area contributed by atoms with Crippen molar-refractivity contribution in [1.29, 1.82) is 0 Å². The molecule has 0 saturated heterocycles. The van der Waals surface area contributed by atoms with Gasteiger partial charge in [0, 0.05) is 29.7 Å². The van der Waals surface area contributed by atoms with Crippen molar-refractivity contribution in [2.24, 2.45) is 0 Å². The van der Waals surface area contributed by atoms with Crippen molar-refractivity contribution >= 4 is 11.6 Å². The normalized spacial score (nSPS) is 10.3. The van der Waals surface area contributed by atoms with Crippen molar-refractivity contribution in [3.63, 3.8) is 0 Å². The number of ether oxygens (including phenoxy) is 2. The highest BCUT2D eigenvalue weighted by Gasteiger charge is 2.11. The van der Waals surface area contributed by atoms with Gasteiger partial charge in [-0.15, -0.1) is 10.2 Å². The Labute approximate surface area is 143 Å². The predicted molar refractivity (Wildman–Crippen MR) is 89.2 cm³/mol. The number of nitrogens with zero attached hydrogens (tertiary/aromatic N) is 5. The van der Waals surface area contributed by atoms with Gasteiger partial charge in [-0.25, -0.2) is 0 Å². The maximum atomic E-state index is 12.2. The summed E-state index contributed by atoms with van der Waals surface area (Å²) in [6.07, 6.45) is 3.28. The Balaban J connectivity index is 1.66. The average Bonchev–Trinajstić information content (AvgIpc) is 3.10. The zero-order chi connectivity index (χ0) is 17.6. The molecule has 0 fully saturated rings. The monoisotopic (exact) mass is 340 g/mol. The van der Waals surface area contributed by atoms with Crippen LogP contribution in [0.2, 0.25) is 0 Å². The van der Waals surface area contributed by atoms with Crippen LogP contribution in [0.25, 0.3) is 11.4 Å². The minimum Gasteiger partial charge on any atom is -0.493 e. The third kappa shape index (κ3) is 3.89. The Morgan fingerprint density at radius 3 is 2.60 bits per heavy atom. The largest absolute Gasteiger partial charge is 0.493 e. The first-order chi connectivity index (χ1) is 12.2. The molecular weight excluding hydrogens is 324 g/mol. The van der Waals surface area contributed by atoms with Crippen LogP contribution in [-0.4, -0.2) is 45.3 Å². The third-order valence-corrected chi connectivity index (χ3v) is 3.34. The second-order valence-electron chi connectivity index (χ2n) is 5.00. The number of amides is 1. The molecule has 0 unspecified atom stereocenters. The van der Waals surface area contributed by atoms with Gasteiger partial charge in [0.1, 0.15) is 6.54 Å². The summed E-state index contributed by atoms with van der Waals surface area (Å²) in [6.45, 7) is -0.0631. The van der Waals surface area contributed by atoms with Crippen LogP contribution in [0.5, 0.6) is 11.5 Å². The van der Waals surface area contributed by atoms with Gasteiger partial charge in [-0.1, -0.05) is 0 Å². The zero-order valence-electron chi connectivity index (χ0n) is 13.7. The van der Waals surface area contributed by atoms with Crippen molar-refractivity contribution in [2.45, 2.75) is 6.54 Å². The lowest BCUT2D eigenvalue weighted by Crippen LogP contribution is -2.20. The summed E-state index contributed by atoms with van der Waals surface area (Å²) in [7, 11) is 3.08. The van der Waals surface area contributed by atoms with E-state index in [1.165, 1.54) is 11.9 Å². The summed E-state index contributed by atoms with van der Waals surface area (Å²) in [4.78, 5) is 17.3. The van der Waals surface area contributed by atoms with Gasteiger partial charge in [-0.05, 0) is 29.5 Å². The van der Waals surface area contributed by atoms with E-state index < -0.39 is 0 Å². The summed E-state index contributed by atoms with van der Waals surface area (Å²) in [5, 5.41) is 14.8. The lowest BCUT2D eigenvalue weighted by atomic mass is 10.2. The van der Waals surface area contributed by atoms with E-state index in [0.717, 1.165) is 5.56 Å². The lowest BCUT2D eigenvalue weighted by molar-refractivity contribution is -0.117. The molecule has 0 aliphatic carbocycles. The first-order valence-corrected chi connectivity index (χ1v) is 7.39. The average molecular weight is 340 g/mol. The topological polar surface area (TPSA) is 104 Å². The molecule has 0 bridgehead atoms. The molecule has 3 aromatic rings. The molecule has 9 heteroatoms. The summed E-state index contributed by atoms with van der Waals surface area (Å²) in [5.41, 5.74) is 1.36. The van der Waals surface area contributed by atoms with Crippen molar-refractivity contribution in [1.82, 2.24) is 25.2 Å². The number of tetrazole rings is 1. The SMILES string of the molecule is COc1ccc(NC(=O)Cn2nnc(-c3ccncc3)n2)cc1OC. The summed E-state index contributed by atoms with van der Waals surface area (Å²) < 4.78 is 10.4. The Hall–Kier alpha value is -3.49. The maximum absolute atomic E-state index is 12.2. The number of pyridine rings is 1. The maximum Gasteiger partial charge on any atom is 0.248 e. The molecule has 0 atom stereocenters. The van der Waals surface area contributed by atoms with Crippen molar-refractivity contribution in [3.05, 3.63) is 42.7 Å². The Morgan fingerprint density at radius 2 is 1.88 bits per heavy atom. The number of hydrogen-bond acceptors (Lipinski definition) is 7. The Bertz CT molecular complexity index is 865. The van der Waals surface area contributed by atoms with Crippen molar-refractivity contribution in [2.75, 3.05) is 19.5 Å². The van der Waals surface area contributed by atoms with Gasteiger partial charge in [-0.2, -0.15) is 4.80 Å². The van der Waals surface area contributed by atoms with Crippen molar-refractivity contribution < 1.29 is 14.3 Å². The van der Waals surface area contributed by atoms with E-state index in [4.69, 9.17) is 9.47 Å². The summed E-state index contributed by atoms with van der Waals surface area (Å²) in [6, 6.07) is 8.64. The van der Waals surface area contributed by atoms with Gasteiger partial charge in [0.05, 0.1) is 14.2 Å². The Kier molecular flexibility index (Phi) is 4.84. The van der Waals surface area contributed by atoms with E-state index in [-0.39, 0.29) is 12.5 Å². The number of carbonyl (C=O) groups is 1. The first-order valence-electron chi connectivity index (χ1n) is 7.39. The minimum absolute atomic E-state index is 0.0631. The van der Waals surface area contributed by atoms with Crippen LogP contribution in [0.1, 0.15) is 0 Å². The van der Waals surface area contributed by atoms with Gasteiger partial charge in [-0.3, -0.25) is 9.78 Å². The van der Waals surface area contributed by atoms with Crippen LogP contribution in [-0.2, 0) is 11.3 Å². The van der Waals surface area contributed by atoms with E-state index in [2.05, 4.69) is 25.7 Å². The second-order valence-corrected chi connectivity index (χ2v) is 5.00. The van der Waals surface area contributed by atoms with Crippen LogP contribution in [0.3, 0.4) is 0 Å². The molecule has 1 amide bonds. The van der Waals surface area contributed by atoms with Crippen LogP contribution in [0.4, 0.5) is 5.69 Å². The lowest BCUT2D eigenvalue weighted by Gasteiger charge is -2.10. The van der Waals surface area contributed by atoms with Crippen LogP contribution >= 0.6 is 0 Å². The number of aromatic nitrogens is 5. The molecule has 0 spiro atoms. The second kappa shape index (κ2) is 7.39. The fourth-order valence-corrected chi connectivity index (χ4v) is 2.17. The number of methoxy groups -OCH3 is 2. The van der Waals surface area contributed by atoms with E-state index in [0.29, 0.717) is 23.0 Å². The summed E-state index contributed by atoms with van der Waals surface area (Å²) >= 11 is 0. The molecule has 128 valence electrons. The molecule has 0 saturated carbocycles. The number of carbonyl (C=O) groups excluding carboxylic acids is 1. The first kappa shape index (κ1) is 16.4. The Morgan fingerprint density at radius 1 is 1.12 bits per heavy atom. The number of nitrogens with one attached hydrogen (secondary N) is 1. The molecule has 2 heterocycles. The van der Waals surface area contributed by atoms with E-state index >= 15 is 0 Å². The fourth-order valence-electron chi connectivity index (χ4n) is 2.17. The van der Waals surface area contributed by atoms with E-state index in [9.17, 15) is 4.79 Å². The molecule has 25 heavy (non-hydrogen) atoms. The molecule has 0 radical (unpaired) electrons. The molecule has 0 aliphatic rings. The van der Waals surface area contributed by atoms with Gasteiger partial charge >= 0.3 is 0 Å². The zero-order valence-corrected chi connectivity index (χ0v) is 13.7. The quantitative estimate of drug-likeness (QED) is 0.723. The van der Waals surface area contributed by atoms with Crippen LogP contribution in [0.15, 0.2) is 42.7 Å². The summed E-state index contributed by atoms with van der Waals surface area (Å²) in [5.74, 6) is 1.26. The van der Waals surface area contributed by atoms with Crippen LogP contribution < -0.4 is 14.8 Å². The van der Waals surface area contributed by atoms with Crippen LogP contribution in [0, 0.1) is 0 Å². The number of benzene rings is 1. The molecular formula is C16H16N6O3. The van der Waals surface area contributed by atoms with Gasteiger partial charge in [0.15, 0.2) is 11.5 Å². The predicted octanol–water partition coefficient (Wildman–Crippen LogP) is 1.39. The highest BCUT2D eigenvalue weighted by molar-refractivity contribution is 5.90. The van der Waals surface area contributed by atoms with Gasteiger partial charge in [0.2, 0.25) is 11.7 Å². The molecule has 2 aromatic heterocycles. The highest BCUT2D eigenvalue weighted by Crippen LogP contribution is 2.29. The van der Waals surface area contributed by atoms with Gasteiger partial charge in [0.25, 0.3) is 0 Å². The van der Waals surface area contributed by atoms with E-state index in [1.807, 2.05) is 0 Å². The molecule has 1 aromatic carbocycles. The number of rotatable bonds is 6. The molecule has 3 rings (SSSR count). The molecule has 9 nitrogen and oxygen atoms in total. The number of anilines is 1.